The molecule has 0 aliphatic heterocycles. The van der Waals surface area contributed by atoms with Crippen molar-refractivity contribution < 1.29 is 19.1 Å². The lowest BCUT2D eigenvalue weighted by Crippen LogP contribution is -2.09. The Kier molecular flexibility index (Phi) is 4.06. The molecule has 86 valence electrons. The highest BCUT2D eigenvalue weighted by Crippen LogP contribution is 2.27. The van der Waals surface area contributed by atoms with Gasteiger partial charge in [-0.25, -0.2) is 4.79 Å². The van der Waals surface area contributed by atoms with Gasteiger partial charge in [0.25, 0.3) is 0 Å². The van der Waals surface area contributed by atoms with Gasteiger partial charge in [0.1, 0.15) is 11.3 Å². The van der Waals surface area contributed by atoms with E-state index in [1.165, 1.54) is 14.0 Å². The molecule has 0 heterocycles. The average Bonchev–Trinajstić information content (AvgIpc) is 2.21. The van der Waals surface area contributed by atoms with Crippen LogP contribution in [0.5, 0.6) is 5.75 Å². The summed E-state index contributed by atoms with van der Waals surface area (Å²) in [5, 5.41) is 0. The third-order valence-corrected chi connectivity index (χ3v) is 2.77. The first kappa shape index (κ1) is 12.7. The van der Waals surface area contributed by atoms with Crippen LogP contribution in [0.2, 0.25) is 0 Å². The Morgan fingerprint density at radius 2 is 1.94 bits per heavy atom. The van der Waals surface area contributed by atoms with Crippen molar-refractivity contribution in [2.75, 3.05) is 7.11 Å². The lowest BCUT2D eigenvalue weighted by atomic mass is 10.1. The molecule has 16 heavy (non-hydrogen) atoms. The minimum atomic E-state index is -0.544. The Balaban J connectivity index is 3.27. The van der Waals surface area contributed by atoms with Crippen molar-refractivity contribution in [3.05, 3.63) is 27.7 Å². The molecule has 0 saturated heterocycles. The summed E-state index contributed by atoms with van der Waals surface area (Å²) in [5.41, 5.74) is 1.08. The number of carbonyl (C=O) groups excluding carboxylic acids is 2. The molecule has 0 aliphatic rings. The van der Waals surface area contributed by atoms with Gasteiger partial charge >= 0.3 is 11.9 Å². The van der Waals surface area contributed by atoms with Crippen molar-refractivity contribution >= 4 is 27.9 Å². The number of aryl methyl sites for hydroxylation is 1. The van der Waals surface area contributed by atoms with E-state index in [1.807, 2.05) is 6.92 Å². The number of esters is 2. The van der Waals surface area contributed by atoms with Gasteiger partial charge in [-0.1, -0.05) is 15.9 Å². The number of benzene rings is 1. The van der Waals surface area contributed by atoms with E-state index in [0.29, 0.717) is 0 Å². The number of halogens is 1. The fourth-order valence-corrected chi connectivity index (χ4v) is 1.51. The fraction of sp³-hybridized carbons (Fsp3) is 0.273. The second-order valence-electron chi connectivity index (χ2n) is 3.18. The second kappa shape index (κ2) is 5.12. The minimum absolute atomic E-state index is 0.208. The molecule has 4 nitrogen and oxygen atoms in total. The molecule has 1 aromatic carbocycles. The van der Waals surface area contributed by atoms with Crippen LogP contribution in [0.3, 0.4) is 0 Å². The van der Waals surface area contributed by atoms with E-state index in [2.05, 4.69) is 20.7 Å². The summed E-state index contributed by atoms with van der Waals surface area (Å²) in [6, 6.07) is 3.18. The van der Waals surface area contributed by atoms with Crippen LogP contribution in [-0.4, -0.2) is 19.0 Å². The first-order chi connectivity index (χ1) is 7.45. The van der Waals surface area contributed by atoms with E-state index in [0.717, 1.165) is 10.0 Å². The predicted molar refractivity (Wildman–Crippen MR) is 61.5 cm³/mol. The summed E-state index contributed by atoms with van der Waals surface area (Å²) in [7, 11) is 1.27. The maximum absolute atomic E-state index is 11.4. The van der Waals surface area contributed by atoms with Crippen molar-refractivity contribution in [3.8, 4) is 5.75 Å². The monoisotopic (exact) mass is 286 g/mol. The highest BCUT2D eigenvalue weighted by Gasteiger charge is 2.16. The normalized spacial score (nSPS) is 9.75. The van der Waals surface area contributed by atoms with Crippen LogP contribution in [0.1, 0.15) is 22.8 Å². The third-order valence-electron chi connectivity index (χ3n) is 1.92. The lowest BCUT2D eigenvalue weighted by molar-refractivity contribution is -0.131. The molecule has 0 aromatic heterocycles. The molecule has 1 aromatic rings. The second-order valence-corrected chi connectivity index (χ2v) is 4.04. The number of hydrogen-bond donors (Lipinski definition) is 0. The highest BCUT2D eigenvalue weighted by atomic mass is 79.9. The van der Waals surface area contributed by atoms with E-state index in [-0.39, 0.29) is 11.3 Å². The van der Waals surface area contributed by atoms with E-state index in [1.54, 1.807) is 12.1 Å². The van der Waals surface area contributed by atoms with Crippen molar-refractivity contribution in [3.63, 3.8) is 0 Å². The first-order valence-electron chi connectivity index (χ1n) is 4.52. The van der Waals surface area contributed by atoms with E-state index < -0.39 is 11.9 Å². The van der Waals surface area contributed by atoms with Gasteiger partial charge < -0.3 is 9.47 Å². The van der Waals surface area contributed by atoms with Crippen LogP contribution in [0, 0.1) is 6.92 Å². The molecule has 0 unspecified atom stereocenters. The zero-order valence-corrected chi connectivity index (χ0v) is 10.8. The Hall–Kier alpha value is -1.36. The zero-order valence-electron chi connectivity index (χ0n) is 9.17. The Morgan fingerprint density at radius 3 is 2.44 bits per heavy atom. The molecule has 0 spiro atoms. The molecule has 0 bridgehead atoms. The van der Waals surface area contributed by atoms with E-state index >= 15 is 0 Å². The van der Waals surface area contributed by atoms with Gasteiger partial charge in [-0.15, -0.1) is 0 Å². The summed E-state index contributed by atoms with van der Waals surface area (Å²) in [4.78, 5) is 22.3. The number of rotatable bonds is 2. The Labute approximate surface area is 102 Å². The molecule has 0 fully saturated rings. The van der Waals surface area contributed by atoms with Gasteiger partial charge in [-0.2, -0.15) is 0 Å². The molecule has 0 aliphatic carbocycles. The Morgan fingerprint density at radius 1 is 1.31 bits per heavy atom. The molecule has 5 heteroatoms. The van der Waals surface area contributed by atoms with Crippen molar-refractivity contribution in [1.29, 1.82) is 0 Å². The number of carbonyl (C=O) groups is 2. The maximum Gasteiger partial charge on any atom is 0.341 e. The molecular weight excluding hydrogens is 276 g/mol. The lowest BCUT2D eigenvalue weighted by Gasteiger charge is -2.09. The average molecular weight is 287 g/mol. The molecule has 1 rings (SSSR count). The van der Waals surface area contributed by atoms with Gasteiger partial charge in [-0.05, 0) is 24.6 Å². The smallest absolute Gasteiger partial charge is 0.341 e. The predicted octanol–water partition coefficient (Wildman–Crippen LogP) is 2.47. The van der Waals surface area contributed by atoms with Crippen LogP contribution in [-0.2, 0) is 9.53 Å². The van der Waals surface area contributed by atoms with Gasteiger partial charge in [0.05, 0.1) is 7.11 Å². The van der Waals surface area contributed by atoms with Crippen LogP contribution < -0.4 is 4.74 Å². The highest BCUT2D eigenvalue weighted by molar-refractivity contribution is 9.10. The Bertz CT molecular complexity index is 440. The zero-order chi connectivity index (χ0) is 12.3. The summed E-state index contributed by atoms with van der Waals surface area (Å²) < 4.78 is 10.3. The number of hydrogen-bond acceptors (Lipinski definition) is 4. The van der Waals surface area contributed by atoms with E-state index in [4.69, 9.17) is 4.74 Å². The molecule has 0 N–H and O–H groups in total. The minimum Gasteiger partial charge on any atom is -0.465 e. The SMILES string of the molecule is COC(=O)c1cc(Br)c(C)cc1OC(C)=O. The van der Waals surface area contributed by atoms with Crippen molar-refractivity contribution in [2.45, 2.75) is 13.8 Å². The van der Waals surface area contributed by atoms with E-state index in [9.17, 15) is 9.59 Å². The van der Waals surface area contributed by atoms with Gasteiger partial charge in [0, 0.05) is 11.4 Å². The number of methoxy groups -OCH3 is 1. The summed E-state index contributed by atoms with van der Waals surface area (Å²) in [5.74, 6) is -0.816. The molecular formula is C11H11BrO4. The largest absolute Gasteiger partial charge is 0.465 e. The summed E-state index contributed by atoms with van der Waals surface area (Å²) in [6.45, 7) is 3.11. The standard InChI is InChI=1S/C11H11BrO4/c1-6-4-10(16-7(2)13)8(5-9(6)12)11(14)15-3/h4-5H,1-3H3. The quantitative estimate of drug-likeness (QED) is 0.619. The first-order valence-corrected chi connectivity index (χ1v) is 5.32. The summed E-state index contributed by atoms with van der Waals surface area (Å²) >= 11 is 3.30. The van der Waals surface area contributed by atoms with Gasteiger partial charge in [-0.3, -0.25) is 4.79 Å². The molecule has 0 saturated carbocycles. The molecule has 0 amide bonds. The van der Waals surface area contributed by atoms with Gasteiger partial charge in [0.15, 0.2) is 0 Å². The van der Waals surface area contributed by atoms with Crippen LogP contribution >= 0.6 is 15.9 Å². The van der Waals surface area contributed by atoms with Crippen molar-refractivity contribution in [2.24, 2.45) is 0 Å². The molecule has 0 radical (unpaired) electrons. The number of ether oxygens (including phenoxy) is 2. The third kappa shape index (κ3) is 2.82. The van der Waals surface area contributed by atoms with Crippen LogP contribution in [0.15, 0.2) is 16.6 Å². The van der Waals surface area contributed by atoms with Crippen LogP contribution in [0.25, 0.3) is 0 Å². The summed E-state index contributed by atoms with van der Waals surface area (Å²) in [6.07, 6.45) is 0. The van der Waals surface area contributed by atoms with Crippen LogP contribution in [0.4, 0.5) is 0 Å². The maximum atomic E-state index is 11.4. The fourth-order valence-electron chi connectivity index (χ4n) is 1.16. The molecule has 0 atom stereocenters. The van der Waals surface area contributed by atoms with Crippen molar-refractivity contribution in [1.82, 2.24) is 0 Å². The van der Waals surface area contributed by atoms with Gasteiger partial charge in [0.2, 0.25) is 0 Å². The topological polar surface area (TPSA) is 52.6 Å².